The first-order valence-corrected chi connectivity index (χ1v) is 9.10. The van der Waals surface area contributed by atoms with Crippen molar-refractivity contribution in [1.82, 2.24) is 0 Å². The molecule has 2 heteroatoms. The van der Waals surface area contributed by atoms with Gasteiger partial charge in [0.2, 0.25) is 0 Å². The van der Waals surface area contributed by atoms with E-state index in [4.69, 9.17) is 0 Å². The number of Topliss-reactive ketones (excluding diaryl/α,β-unsaturated/α-hetero) is 1. The van der Waals surface area contributed by atoms with Crippen LogP contribution in [0, 0.1) is 22.7 Å². The van der Waals surface area contributed by atoms with Gasteiger partial charge in [-0.2, -0.15) is 0 Å². The smallest absolute Gasteiger partial charge is 0.139 e. The lowest BCUT2D eigenvalue weighted by Crippen LogP contribution is -2.47. The number of rotatable bonds is 3. The summed E-state index contributed by atoms with van der Waals surface area (Å²) in [6.45, 7) is 10.8. The molecule has 0 unspecified atom stereocenters. The normalized spacial score (nSPS) is 44.4. The van der Waals surface area contributed by atoms with Crippen LogP contribution in [0.15, 0.2) is 12.2 Å². The van der Waals surface area contributed by atoms with E-state index in [1.54, 1.807) is 0 Å². The van der Waals surface area contributed by atoms with Crippen molar-refractivity contribution < 1.29 is 9.90 Å². The molecule has 2 nitrogen and oxygen atoms in total. The van der Waals surface area contributed by atoms with Gasteiger partial charge in [0.25, 0.3) is 0 Å². The first kappa shape index (κ1) is 16.2. The molecule has 3 aliphatic carbocycles. The number of carbonyl (C=O) groups is 1. The van der Waals surface area contributed by atoms with Crippen molar-refractivity contribution in [1.29, 1.82) is 0 Å². The number of ketones is 1. The highest BCUT2D eigenvalue weighted by Gasteiger charge is 2.52. The second-order valence-corrected chi connectivity index (χ2v) is 9.27. The fourth-order valence-corrected chi connectivity index (χ4v) is 5.90. The molecule has 0 aromatic rings. The number of hydrogen-bond donors (Lipinski definition) is 1. The summed E-state index contributed by atoms with van der Waals surface area (Å²) >= 11 is 0. The summed E-state index contributed by atoms with van der Waals surface area (Å²) < 4.78 is 0. The van der Waals surface area contributed by atoms with E-state index < -0.39 is 5.60 Å². The molecule has 3 fully saturated rings. The average Bonchev–Trinajstić information content (AvgIpc) is 2.66. The highest BCUT2D eigenvalue weighted by Crippen LogP contribution is 2.56. The Morgan fingerprint density at radius 3 is 2.68 bits per heavy atom. The van der Waals surface area contributed by atoms with Crippen molar-refractivity contribution in [3.8, 4) is 0 Å². The minimum atomic E-state index is -0.578. The summed E-state index contributed by atoms with van der Waals surface area (Å²) in [4.78, 5) is 12.6. The standard InChI is InChI=1S/C20H32O2/c1-14-12-20(13-15(14)6-7-17(20)21)11-8-16-18(2,3)9-5-10-19(16,4)22/h15-16,22H,1,5-13H2,2-4H3/t15-,16-,19-,20-/m1/s1. The molecule has 0 heterocycles. The van der Waals surface area contributed by atoms with Crippen LogP contribution in [0.4, 0.5) is 0 Å². The molecule has 0 aromatic carbocycles. The van der Waals surface area contributed by atoms with Crippen LogP contribution in [0.3, 0.4) is 0 Å². The van der Waals surface area contributed by atoms with Crippen molar-refractivity contribution in [2.75, 3.05) is 0 Å². The molecule has 0 amide bonds. The average molecular weight is 304 g/mol. The number of fused-ring (bicyclic) bond motifs is 2. The van der Waals surface area contributed by atoms with Gasteiger partial charge >= 0.3 is 0 Å². The largest absolute Gasteiger partial charge is 0.390 e. The Morgan fingerprint density at radius 2 is 2.00 bits per heavy atom. The molecule has 4 atom stereocenters. The molecule has 0 radical (unpaired) electrons. The Hall–Kier alpha value is -0.630. The Labute approximate surface area is 135 Å². The Bertz CT molecular complexity index is 472. The zero-order valence-corrected chi connectivity index (χ0v) is 14.6. The molecule has 3 rings (SSSR count). The lowest BCUT2D eigenvalue weighted by atomic mass is 9.58. The molecule has 0 saturated heterocycles. The lowest BCUT2D eigenvalue weighted by molar-refractivity contribution is -0.133. The van der Waals surface area contributed by atoms with Crippen molar-refractivity contribution in [3.05, 3.63) is 12.2 Å². The van der Waals surface area contributed by atoms with Gasteiger partial charge in [-0.05, 0) is 69.1 Å². The van der Waals surface area contributed by atoms with Gasteiger partial charge in [-0.25, -0.2) is 0 Å². The van der Waals surface area contributed by atoms with Crippen LogP contribution >= 0.6 is 0 Å². The molecule has 124 valence electrons. The van der Waals surface area contributed by atoms with Crippen LogP contribution in [0.5, 0.6) is 0 Å². The maximum atomic E-state index is 12.6. The predicted octanol–water partition coefficient (Wildman–Crippen LogP) is 4.66. The van der Waals surface area contributed by atoms with Crippen LogP contribution < -0.4 is 0 Å². The van der Waals surface area contributed by atoms with Crippen molar-refractivity contribution in [2.45, 2.75) is 84.2 Å². The van der Waals surface area contributed by atoms with Gasteiger partial charge < -0.3 is 5.11 Å². The zero-order chi connectivity index (χ0) is 16.2. The number of carbonyl (C=O) groups excluding carboxylic acids is 1. The fourth-order valence-electron chi connectivity index (χ4n) is 5.90. The van der Waals surface area contributed by atoms with E-state index in [2.05, 4.69) is 20.4 Å². The van der Waals surface area contributed by atoms with Crippen LogP contribution in [0.25, 0.3) is 0 Å². The molecule has 0 spiro atoms. The number of allylic oxidation sites excluding steroid dienone is 1. The molecule has 1 N–H and O–H groups in total. The van der Waals surface area contributed by atoms with Crippen molar-refractivity contribution in [3.63, 3.8) is 0 Å². The third kappa shape index (κ3) is 2.58. The monoisotopic (exact) mass is 304 g/mol. The third-order valence-corrected chi connectivity index (χ3v) is 7.20. The molecule has 0 aromatic heterocycles. The summed E-state index contributed by atoms with van der Waals surface area (Å²) in [6.07, 6.45) is 8.82. The SMILES string of the molecule is C=C1C[C@]2(CC[C@@H]3C(C)(C)CCC[C@@]3(C)O)C[C@H]1CCC2=O. The quantitative estimate of drug-likeness (QED) is 0.770. The highest BCUT2D eigenvalue weighted by molar-refractivity contribution is 5.87. The minimum absolute atomic E-state index is 0.135. The summed E-state index contributed by atoms with van der Waals surface area (Å²) in [5, 5.41) is 10.9. The van der Waals surface area contributed by atoms with Gasteiger partial charge in [0.1, 0.15) is 5.78 Å². The molecule has 3 saturated carbocycles. The van der Waals surface area contributed by atoms with Gasteiger partial charge in [-0.15, -0.1) is 0 Å². The molecular weight excluding hydrogens is 272 g/mol. The first-order chi connectivity index (χ1) is 10.2. The summed E-state index contributed by atoms with van der Waals surface area (Å²) in [7, 11) is 0. The zero-order valence-electron chi connectivity index (χ0n) is 14.6. The summed E-state index contributed by atoms with van der Waals surface area (Å²) in [6, 6.07) is 0. The van der Waals surface area contributed by atoms with Crippen LogP contribution in [0.1, 0.15) is 78.6 Å². The molecule has 3 aliphatic rings. The second-order valence-electron chi connectivity index (χ2n) is 9.27. The Kier molecular flexibility index (Phi) is 3.83. The van der Waals surface area contributed by atoms with E-state index in [1.165, 1.54) is 12.0 Å². The van der Waals surface area contributed by atoms with Crippen LogP contribution in [0.2, 0.25) is 0 Å². The molecule has 0 aliphatic heterocycles. The topological polar surface area (TPSA) is 37.3 Å². The van der Waals surface area contributed by atoms with Gasteiger partial charge in [-0.3, -0.25) is 4.79 Å². The van der Waals surface area contributed by atoms with E-state index in [0.29, 0.717) is 17.6 Å². The van der Waals surface area contributed by atoms with Gasteiger partial charge in [0.05, 0.1) is 5.60 Å². The molecular formula is C20H32O2. The highest BCUT2D eigenvalue weighted by atomic mass is 16.3. The minimum Gasteiger partial charge on any atom is -0.390 e. The van der Waals surface area contributed by atoms with E-state index in [1.807, 2.05) is 6.92 Å². The molecule has 2 bridgehead atoms. The van der Waals surface area contributed by atoms with E-state index in [9.17, 15) is 9.90 Å². The van der Waals surface area contributed by atoms with Gasteiger partial charge in [0.15, 0.2) is 0 Å². The second kappa shape index (κ2) is 5.19. The van der Waals surface area contributed by atoms with Gasteiger partial charge in [-0.1, -0.05) is 32.4 Å². The maximum Gasteiger partial charge on any atom is 0.139 e. The first-order valence-electron chi connectivity index (χ1n) is 9.10. The van der Waals surface area contributed by atoms with E-state index in [0.717, 1.165) is 51.4 Å². The van der Waals surface area contributed by atoms with Crippen LogP contribution in [-0.4, -0.2) is 16.5 Å². The van der Waals surface area contributed by atoms with E-state index >= 15 is 0 Å². The Balaban J connectivity index is 1.76. The maximum absolute atomic E-state index is 12.6. The molecule has 22 heavy (non-hydrogen) atoms. The van der Waals surface area contributed by atoms with Crippen LogP contribution in [-0.2, 0) is 4.79 Å². The van der Waals surface area contributed by atoms with E-state index in [-0.39, 0.29) is 10.8 Å². The lowest BCUT2D eigenvalue weighted by Gasteiger charge is -2.49. The predicted molar refractivity (Wildman–Crippen MR) is 89.5 cm³/mol. The summed E-state index contributed by atoms with van der Waals surface area (Å²) in [5.74, 6) is 1.35. The summed E-state index contributed by atoms with van der Waals surface area (Å²) in [5.41, 5.74) is 0.764. The Morgan fingerprint density at radius 1 is 1.27 bits per heavy atom. The fraction of sp³-hybridized carbons (Fsp3) is 0.850. The van der Waals surface area contributed by atoms with Gasteiger partial charge in [0, 0.05) is 11.8 Å². The third-order valence-electron chi connectivity index (χ3n) is 7.20. The number of hydrogen-bond acceptors (Lipinski definition) is 2. The number of aliphatic hydroxyl groups is 1. The van der Waals surface area contributed by atoms with Crippen molar-refractivity contribution in [2.24, 2.45) is 22.7 Å². The van der Waals surface area contributed by atoms with Crippen molar-refractivity contribution >= 4 is 5.78 Å².